The number of halogens is 3. The maximum Gasteiger partial charge on any atom is 0.191 e. The normalized spacial score (nSPS) is 10.7. The fourth-order valence-corrected chi connectivity index (χ4v) is 1.36. The summed E-state index contributed by atoms with van der Waals surface area (Å²) in [4.78, 5) is 0. The van der Waals surface area contributed by atoms with Crippen LogP contribution >= 0.6 is 15.9 Å². The van der Waals surface area contributed by atoms with Gasteiger partial charge in [0.05, 0.1) is 6.10 Å². The standard InChI is InChI=1S/C10H11BrF2O/c1-6(2)14-10-8(12)3-7(5-11)4-9(10)13/h3-4,6H,5H2,1-2H3. The zero-order chi connectivity index (χ0) is 10.7. The van der Waals surface area contributed by atoms with Gasteiger partial charge in [0.1, 0.15) is 0 Å². The van der Waals surface area contributed by atoms with Crippen LogP contribution in [0.1, 0.15) is 19.4 Å². The molecule has 0 aliphatic carbocycles. The average molecular weight is 265 g/mol. The Hall–Kier alpha value is -0.640. The third-order valence-electron chi connectivity index (χ3n) is 1.57. The smallest absolute Gasteiger partial charge is 0.191 e. The molecule has 0 atom stereocenters. The molecule has 1 aromatic rings. The molecule has 0 saturated heterocycles. The summed E-state index contributed by atoms with van der Waals surface area (Å²) in [5.41, 5.74) is 0.552. The second-order valence-corrected chi connectivity index (χ2v) is 3.75. The van der Waals surface area contributed by atoms with Crippen molar-refractivity contribution in [2.45, 2.75) is 25.3 Å². The maximum atomic E-state index is 13.3. The van der Waals surface area contributed by atoms with Crippen LogP contribution < -0.4 is 4.74 Å². The molecule has 0 radical (unpaired) electrons. The van der Waals surface area contributed by atoms with Crippen LogP contribution in [0.2, 0.25) is 0 Å². The molecule has 1 aromatic carbocycles. The lowest BCUT2D eigenvalue weighted by atomic mass is 10.2. The molecule has 0 heterocycles. The molecule has 0 aliphatic rings. The van der Waals surface area contributed by atoms with Crippen molar-refractivity contribution in [3.63, 3.8) is 0 Å². The summed E-state index contributed by atoms with van der Waals surface area (Å²) < 4.78 is 31.6. The molecule has 0 aromatic heterocycles. The van der Waals surface area contributed by atoms with Crippen LogP contribution in [0.3, 0.4) is 0 Å². The average Bonchev–Trinajstić information content (AvgIpc) is 2.10. The first-order valence-corrected chi connectivity index (χ1v) is 5.37. The Balaban J connectivity index is 3.05. The van der Waals surface area contributed by atoms with E-state index in [2.05, 4.69) is 15.9 Å². The topological polar surface area (TPSA) is 9.23 Å². The van der Waals surface area contributed by atoms with E-state index in [1.807, 2.05) is 0 Å². The quantitative estimate of drug-likeness (QED) is 0.758. The molecule has 0 amide bonds. The summed E-state index contributed by atoms with van der Waals surface area (Å²) in [5, 5.41) is 0.419. The monoisotopic (exact) mass is 264 g/mol. The summed E-state index contributed by atoms with van der Waals surface area (Å²) >= 11 is 3.13. The van der Waals surface area contributed by atoms with Crippen LogP contribution in [0.25, 0.3) is 0 Å². The van der Waals surface area contributed by atoms with Crippen molar-refractivity contribution in [3.05, 3.63) is 29.3 Å². The molecule has 0 bridgehead atoms. The minimum Gasteiger partial charge on any atom is -0.485 e. The van der Waals surface area contributed by atoms with E-state index >= 15 is 0 Å². The molecule has 0 N–H and O–H groups in total. The Morgan fingerprint density at radius 2 is 1.79 bits per heavy atom. The minimum absolute atomic E-state index is 0.242. The number of rotatable bonds is 3. The van der Waals surface area contributed by atoms with Crippen molar-refractivity contribution < 1.29 is 13.5 Å². The Morgan fingerprint density at radius 1 is 1.29 bits per heavy atom. The van der Waals surface area contributed by atoms with Crippen LogP contribution in [-0.2, 0) is 5.33 Å². The largest absolute Gasteiger partial charge is 0.485 e. The third kappa shape index (κ3) is 2.67. The van der Waals surface area contributed by atoms with E-state index in [1.165, 1.54) is 12.1 Å². The molecule has 78 valence electrons. The lowest BCUT2D eigenvalue weighted by Crippen LogP contribution is -2.08. The van der Waals surface area contributed by atoms with Crippen molar-refractivity contribution in [2.75, 3.05) is 0 Å². The van der Waals surface area contributed by atoms with Crippen LogP contribution in [0.5, 0.6) is 5.75 Å². The summed E-state index contributed by atoms with van der Waals surface area (Å²) in [5.74, 6) is -1.62. The lowest BCUT2D eigenvalue weighted by Gasteiger charge is -2.12. The molecule has 1 rings (SSSR count). The van der Waals surface area contributed by atoms with Crippen LogP contribution in [0, 0.1) is 11.6 Å². The number of hydrogen-bond donors (Lipinski definition) is 0. The van der Waals surface area contributed by atoms with E-state index in [0.29, 0.717) is 10.9 Å². The SMILES string of the molecule is CC(C)Oc1c(F)cc(CBr)cc1F. The zero-order valence-electron chi connectivity index (χ0n) is 7.98. The van der Waals surface area contributed by atoms with Gasteiger partial charge in [0.2, 0.25) is 0 Å². The molecule has 0 fully saturated rings. The maximum absolute atomic E-state index is 13.3. The molecule has 1 nitrogen and oxygen atoms in total. The van der Waals surface area contributed by atoms with Gasteiger partial charge in [-0.15, -0.1) is 0 Å². The van der Waals surface area contributed by atoms with Gasteiger partial charge in [-0.05, 0) is 31.5 Å². The summed E-state index contributed by atoms with van der Waals surface area (Å²) in [6.07, 6.45) is -0.242. The Bertz CT molecular complexity index is 303. The third-order valence-corrected chi connectivity index (χ3v) is 2.21. The number of alkyl halides is 1. The number of hydrogen-bond acceptors (Lipinski definition) is 1. The van der Waals surface area contributed by atoms with Gasteiger partial charge < -0.3 is 4.74 Å². The van der Waals surface area contributed by atoms with E-state index in [9.17, 15) is 8.78 Å². The second kappa shape index (κ2) is 4.73. The Morgan fingerprint density at radius 3 is 2.14 bits per heavy atom. The predicted molar refractivity (Wildman–Crippen MR) is 54.8 cm³/mol. The van der Waals surface area contributed by atoms with Gasteiger partial charge in [0.15, 0.2) is 17.4 Å². The highest BCUT2D eigenvalue weighted by atomic mass is 79.9. The number of benzene rings is 1. The first-order valence-electron chi connectivity index (χ1n) is 4.25. The fourth-order valence-electron chi connectivity index (χ4n) is 1.04. The van der Waals surface area contributed by atoms with Crippen molar-refractivity contribution in [2.24, 2.45) is 0 Å². The van der Waals surface area contributed by atoms with Gasteiger partial charge in [0.25, 0.3) is 0 Å². The molecule has 0 aliphatic heterocycles. The highest BCUT2D eigenvalue weighted by Gasteiger charge is 2.13. The van der Waals surface area contributed by atoms with E-state index in [-0.39, 0.29) is 11.9 Å². The molecule has 0 unspecified atom stereocenters. The van der Waals surface area contributed by atoms with Crippen molar-refractivity contribution in [1.82, 2.24) is 0 Å². The minimum atomic E-state index is -0.659. The highest BCUT2D eigenvalue weighted by Crippen LogP contribution is 2.25. The van der Waals surface area contributed by atoms with Crippen LogP contribution in [-0.4, -0.2) is 6.10 Å². The first kappa shape index (κ1) is 11.4. The summed E-state index contributed by atoms with van der Waals surface area (Å²) in [7, 11) is 0. The van der Waals surface area contributed by atoms with Gasteiger partial charge in [-0.1, -0.05) is 15.9 Å². The van der Waals surface area contributed by atoms with Gasteiger partial charge in [0, 0.05) is 5.33 Å². The van der Waals surface area contributed by atoms with Gasteiger partial charge in [-0.3, -0.25) is 0 Å². The molecule has 0 saturated carbocycles. The molecule has 14 heavy (non-hydrogen) atoms. The van der Waals surface area contributed by atoms with E-state index in [1.54, 1.807) is 13.8 Å². The Kier molecular flexibility index (Phi) is 3.86. The molecular formula is C10H11BrF2O. The summed E-state index contributed by atoms with van der Waals surface area (Å²) in [6.45, 7) is 3.44. The van der Waals surface area contributed by atoms with E-state index in [4.69, 9.17) is 4.74 Å². The Labute approximate surface area is 90.2 Å². The predicted octanol–water partition coefficient (Wildman–Crippen LogP) is 3.65. The first-order chi connectivity index (χ1) is 6.54. The van der Waals surface area contributed by atoms with Crippen molar-refractivity contribution >= 4 is 15.9 Å². The molecule has 0 spiro atoms. The summed E-state index contributed by atoms with van der Waals surface area (Å²) in [6, 6.07) is 2.52. The highest BCUT2D eigenvalue weighted by molar-refractivity contribution is 9.08. The number of ether oxygens (including phenoxy) is 1. The molecular weight excluding hydrogens is 254 g/mol. The van der Waals surface area contributed by atoms with Gasteiger partial charge in [-0.25, -0.2) is 8.78 Å². The van der Waals surface area contributed by atoms with Gasteiger partial charge in [-0.2, -0.15) is 0 Å². The zero-order valence-corrected chi connectivity index (χ0v) is 9.57. The van der Waals surface area contributed by atoms with Crippen LogP contribution in [0.15, 0.2) is 12.1 Å². The van der Waals surface area contributed by atoms with Crippen LogP contribution in [0.4, 0.5) is 8.78 Å². The van der Waals surface area contributed by atoms with Gasteiger partial charge >= 0.3 is 0 Å². The fraction of sp³-hybridized carbons (Fsp3) is 0.400. The second-order valence-electron chi connectivity index (χ2n) is 3.19. The van der Waals surface area contributed by atoms with E-state index < -0.39 is 11.6 Å². The lowest BCUT2D eigenvalue weighted by molar-refractivity contribution is 0.219. The molecule has 4 heteroatoms. The van der Waals surface area contributed by atoms with E-state index in [0.717, 1.165) is 0 Å². The van der Waals surface area contributed by atoms with Crippen molar-refractivity contribution in [3.8, 4) is 5.75 Å². The van der Waals surface area contributed by atoms with Crippen molar-refractivity contribution in [1.29, 1.82) is 0 Å².